The summed E-state index contributed by atoms with van der Waals surface area (Å²) in [6, 6.07) is 0. The third-order valence-electron chi connectivity index (χ3n) is 13.8. The lowest BCUT2D eigenvalue weighted by atomic mass is 9.34. The quantitative estimate of drug-likeness (QED) is 0.316. The molecule has 5 aliphatic carbocycles. The standard InChI is InChI=1S/C32H48O6/c1-17(2)19-11-14-32(27(36)37)16-15-29(6)20(23(19)32)9-10-22-30(29,7)13-12-21-28(4,5)25(38-18(3)33)24(26(34)35)31(21,22)8/h19-25H,1,9-16H2,2-8H3,(H,34,35)(H,36,37)/t19-,20-,21-,22-,23-,24+,25-,29-,30+,31-,32-/m0/s1. The highest BCUT2D eigenvalue weighted by atomic mass is 16.5. The number of carboxylic acid groups (broad SMARTS) is 2. The SMILES string of the molecule is C=C(C)[C@@H]1CC[C@]2(C(=O)O)CC[C@@]3(C)[C@@H](CC[C@@H]4[C@@]5(C)[C@@H](C(=O)O)[C@H](OC(C)=O)C(C)(C)[C@@H]5CC[C@]43C)[C@H]12. The van der Waals surface area contributed by atoms with Crippen LogP contribution in [0.4, 0.5) is 0 Å². The Balaban J connectivity index is 1.61. The molecule has 5 saturated carbocycles. The van der Waals surface area contributed by atoms with E-state index in [4.69, 9.17) is 4.74 Å². The molecule has 0 heterocycles. The molecule has 0 unspecified atom stereocenters. The van der Waals surface area contributed by atoms with Crippen molar-refractivity contribution in [2.75, 3.05) is 0 Å². The lowest BCUT2D eigenvalue weighted by molar-refractivity contribution is -0.228. The number of aliphatic carboxylic acids is 2. The molecule has 6 nitrogen and oxygen atoms in total. The van der Waals surface area contributed by atoms with Gasteiger partial charge in [0.05, 0.1) is 5.41 Å². The highest BCUT2D eigenvalue weighted by Gasteiger charge is 2.76. The second-order valence-corrected chi connectivity index (χ2v) is 15.2. The van der Waals surface area contributed by atoms with Crippen LogP contribution in [0.1, 0.15) is 99.8 Å². The Morgan fingerprint density at radius 1 is 0.816 bits per heavy atom. The van der Waals surface area contributed by atoms with E-state index in [0.717, 1.165) is 50.5 Å². The molecule has 0 aromatic heterocycles. The van der Waals surface area contributed by atoms with Crippen molar-refractivity contribution in [2.24, 2.45) is 62.6 Å². The van der Waals surface area contributed by atoms with E-state index in [-0.39, 0.29) is 40.4 Å². The normalized spacial score (nSPS) is 50.7. The monoisotopic (exact) mass is 528 g/mol. The third kappa shape index (κ3) is 3.15. The average molecular weight is 529 g/mol. The van der Waals surface area contributed by atoms with E-state index in [1.54, 1.807) is 0 Å². The van der Waals surface area contributed by atoms with Gasteiger partial charge in [0.1, 0.15) is 12.0 Å². The number of fused-ring (bicyclic) bond motifs is 7. The highest BCUT2D eigenvalue weighted by molar-refractivity contribution is 5.76. The second kappa shape index (κ2) is 8.33. The Bertz CT molecular complexity index is 1080. The minimum absolute atomic E-state index is 0.0851. The molecular formula is C32H48O6. The predicted octanol–water partition coefficient (Wildman–Crippen LogP) is 6.58. The topological polar surface area (TPSA) is 101 Å². The van der Waals surface area contributed by atoms with E-state index in [1.807, 2.05) is 0 Å². The number of carbonyl (C=O) groups excluding carboxylic acids is 1. The molecule has 5 rings (SSSR count). The summed E-state index contributed by atoms with van der Waals surface area (Å²) in [7, 11) is 0. The lowest BCUT2D eigenvalue weighted by Crippen LogP contribution is -2.65. The van der Waals surface area contributed by atoms with Crippen molar-refractivity contribution >= 4 is 17.9 Å². The number of carboxylic acids is 2. The summed E-state index contributed by atoms with van der Waals surface area (Å²) in [5.41, 5.74) is -0.720. The fourth-order valence-corrected chi connectivity index (χ4v) is 12.2. The molecule has 212 valence electrons. The maximum Gasteiger partial charge on any atom is 0.310 e. The van der Waals surface area contributed by atoms with Crippen LogP contribution in [-0.2, 0) is 19.1 Å². The van der Waals surface area contributed by atoms with Gasteiger partial charge in [0, 0.05) is 12.3 Å². The zero-order valence-corrected chi connectivity index (χ0v) is 24.4. The van der Waals surface area contributed by atoms with Gasteiger partial charge in [-0.05, 0) is 104 Å². The summed E-state index contributed by atoms with van der Waals surface area (Å²) in [5.74, 6) is -1.78. The summed E-state index contributed by atoms with van der Waals surface area (Å²) >= 11 is 0. The van der Waals surface area contributed by atoms with Crippen LogP contribution in [0.5, 0.6) is 0 Å². The van der Waals surface area contributed by atoms with Crippen molar-refractivity contribution in [3.8, 4) is 0 Å². The number of rotatable bonds is 4. The highest BCUT2D eigenvalue weighted by Crippen LogP contribution is 2.79. The van der Waals surface area contributed by atoms with Gasteiger partial charge in [-0.3, -0.25) is 14.4 Å². The Labute approximate surface area is 228 Å². The fourth-order valence-electron chi connectivity index (χ4n) is 12.2. The van der Waals surface area contributed by atoms with E-state index in [9.17, 15) is 24.6 Å². The molecule has 6 heteroatoms. The van der Waals surface area contributed by atoms with Crippen molar-refractivity contribution in [2.45, 2.75) is 106 Å². The summed E-state index contributed by atoms with van der Waals surface area (Å²) in [4.78, 5) is 38.0. The second-order valence-electron chi connectivity index (χ2n) is 15.2. The van der Waals surface area contributed by atoms with Crippen LogP contribution in [0.15, 0.2) is 12.2 Å². The first kappa shape index (κ1) is 27.7. The molecular weight excluding hydrogens is 480 g/mol. The summed E-state index contributed by atoms with van der Waals surface area (Å²) in [6.07, 6.45) is 6.25. The fraction of sp³-hybridized carbons (Fsp3) is 0.844. The van der Waals surface area contributed by atoms with Crippen LogP contribution in [-0.4, -0.2) is 34.2 Å². The first-order valence-corrected chi connectivity index (χ1v) is 14.8. The molecule has 0 saturated heterocycles. The van der Waals surface area contributed by atoms with Crippen molar-refractivity contribution in [3.05, 3.63) is 12.2 Å². The van der Waals surface area contributed by atoms with E-state index < -0.39 is 46.2 Å². The zero-order valence-electron chi connectivity index (χ0n) is 24.4. The Morgan fingerprint density at radius 2 is 1.47 bits per heavy atom. The van der Waals surface area contributed by atoms with Gasteiger partial charge >= 0.3 is 17.9 Å². The van der Waals surface area contributed by atoms with Crippen LogP contribution in [0, 0.1) is 62.6 Å². The molecule has 0 aliphatic heterocycles. The molecule has 38 heavy (non-hydrogen) atoms. The van der Waals surface area contributed by atoms with E-state index >= 15 is 0 Å². The zero-order chi connectivity index (χ0) is 28.2. The van der Waals surface area contributed by atoms with Crippen LogP contribution < -0.4 is 0 Å². The molecule has 0 amide bonds. The molecule has 0 aromatic rings. The average Bonchev–Trinajstić information content (AvgIpc) is 3.27. The minimum Gasteiger partial charge on any atom is -0.481 e. The van der Waals surface area contributed by atoms with Crippen LogP contribution >= 0.6 is 0 Å². The summed E-state index contributed by atoms with van der Waals surface area (Å²) in [5, 5.41) is 21.2. The largest absolute Gasteiger partial charge is 0.481 e. The molecule has 2 N–H and O–H groups in total. The van der Waals surface area contributed by atoms with Crippen molar-refractivity contribution in [1.82, 2.24) is 0 Å². The van der Waals surface area contributed by atoms with Crippen molar-refractivity contribution in [3.63, 3.8) is 0 Å². The molecule has 5 fully saturated rings. The molecule has 0 aromatic carbocycles. The number of carbonyl (C=O) groups is 3. The van der Waals surface area contributed by atoms with Gasteiger partial charge in [0.15, 0.2) is 0 Å². The number of ether oxygens (including phenoxy) is 1. The van der Waals surface area contributed by atoms with Crippen molar-refractivity contribution in [1.29, 1.82) is 0 Å². The first-order valence-electron chi connectivity index (χ1n) is 14.8. The van der Waals surface area contributed by atoms with Gasteiger partial charge in [-0.1, -0.05) is 46.8 Å². The maximum atomic E-state index is 13.0. The smallest absolute Gasteiger partial charge is 0.310 e. The van der Waals surface area contributed by atoms with Crippen molar-refractivity contribution < 1.29 is 29.3 Å². The third-order valence-corrected chi connectivity index (χ3v) is 13.8. The minimum atomic E-state index is -0.863. The van der Waals surface area contributed by atoms with Crippen LogP contribution in [0.3, 0.4) is 0 Å². The van der Waals surface area contributed by atoms with E-state index in [1.165, 1.54) is 6.92 Å². The van der Waals surface area contributed by atoms with Gasteiger partial charge in [0.2, 0.25) is 0 Å². The lowest BCUT2D eigenvalue weighted by Gasteiger charge is -2.70. The number of hydrogen-bond donors (Lipinski definition) is 2. The van der Waals surface area contributed by atoms with Gasteiger partial charge in [-0.25, -0.2) is 0 Å². The predicted molar refractivity (Wildman–Crippen MR) is 144 cm³/mol. The van der Waals surface area contributed by atoms with E-state index in [0.29, 0.717) is 6.42 Å². The first-order chi connectivity index (χ1) is 17.5. The van der Waals surface area contributed by atoms with Gasteiger partial charge in [0.25, 0.3) is 0 Å². The molecule has 0 spiro atoms. The Kier molecular flexibility index (Phi) is 6.07. The molecule has 0 bridgehead atoms. The number of hydrogen-bond acceptors (Lipinski definition) is 4. The Morgan fingerprint density at radius 3 is 2.03 bits per heavy atom. The molecule has 0 radical (unpaired) electrons. The Hall–Kier alpha value is -1.85. The summed E-state index contributed by atoms with van der Waals surface area (Å²) < 4.78 is 5.84. The van der Waals surface area contributed by atoms with Gasteiger partial charge < -0.3 is 14.9 Å². The number of esters is 1. The van der Waals surface area contributed by atoms with Gasteiger partial charge in [-0.15, -0.1) is 0 Å². The summed E-state index contributed by atoms with van der Waals surface area (Å²) in [6.45, 7) is 18.9. The maximum absolute atomic E-state index is 13.0. The molecule has 11 atom stereocenters. The molecule has 5 aliphatic rings. The van der Waals surface area contributed by atoms with Gasteiger partial charge in [-0.2, -0.15) is 0 Å². The van der Waals surface area contributed by atoms with Crippen LogP contribution in [0.2, 0.25) is 0 Å². The number of allylic oxidation sites excluding steroid dienone is 1. The van der Waals surface area contributed by atoms with E-state index in [2.05, 4.69) is 48.1 Å². The van der Waals surface area contributed by atoms with Crippen LogP contribution in [0.25, 0.3) is 0 Å².